The molecule has 20 heavy (non-hydrogen) atoms. The highest BCUT2D eigenvalue weighted by atomic mass is 31.2. The van der Waals surface area contributed by atoms with Crippen molar-refractivity contribution in [3.05, 3.63) is 23.3 Å². The van der Waals surface area contributed by atoms with E-state index in [-0.39, 0.29) is 0 Å². The van der Waals surface area contributed by atoms with Crippen molar-refractivity contribution in [2.24, 2.45) is 0 Å². The quantitative estimate of drug-likeness (QED) is 0.755. The highest BCUT2D eigenvalue weighted by Gasteiger charge is 2.47. The topological polar surface area (TPSA) is 26.3 Å². The number of benzene rings is 1. The zero-order valence-electron chi connectivity index (χ0n) is 12.8. The number of rotatable bonds is 2. The van der Waals surface area contributed by atoms with Gasteiger partial charge in [0.05, 0.1) is 7.11 Å². The zero-order valence-corrected chi connectivity index (χ0v) is 13.7. The molecule has 0 N–H and O–H groups in total. The van der Waals surface area contributed by atoms with Crippen molar-refractivity contribution in [3.8, 4) is 5.75 Å². The monoisotopic (exact) mass is 292 g/mol. The molecule has 0 amide bonds. The summed E-state index contributed by atoms with van der Waals surface area (Å²) in [5.74, 6) is 0.902. The molecular formula is C17H25O2P. The lowest BCUT2D eigenvalue weighted by Gasteiger charge is -2.25. The normalized spacial score (nSPS) is 33.0. The van der Waals surface area contributed by atoms with Crippen LogP contribution < -0.4 is 10.0 Å². The van der Waals surface area contributed by atoms with Crippen LogP contribution in [0.2, 0.25) is 0 Å². The molecule has 2 atom stereocenters. The SMILES string of the molecule is COc1cc(P2(=O)C3CCCCC2CC3)cc(C)c1C. The number of fused-ring (bicyclic) bond motifs is 2. The molecule has 0 radical (unpaired) electrons. The van der Waals surface area contributed by atoms with Crippen LogP contribution in [0, 0.1) is 13.8 Å². The summed E-state index contributed by atoms with van der Waals surface area (Å²) in [5, 5.41) is 1.09. The number of hydrogen-bond acceptors (Lipinski definition) is 2. The maximum Gasteiger partial charge on any atom is 0.122 e. The molecule has 1 aromatic carbocycles. The van der Waals surface area contributed by atoms with Gasteiger partial charge in [-0.1, -0.05) is 12.8 Å². The summed E-state index contributed by atoms with van der Waals surface area (Å²) >= 11 is 0. The Morgan fingerprint density at radius 3 is 2.20 bits per heavy atom. The lowest BCUT2D eigenvalue weighted by Crippen LogP contribution is -2.18. The van der Waals surface area contributed by atoms with Crippen molar-refractivity contribution < 1.29 is 9.30 Å². The summed E-state index contributed by atoms with van der Waals surface area (Å²) in [6.45, 7) is 4.18. The van der Waals surface area contributed by atoms with Crippen LogP contribution in [0.3, 0.4) is 0 Å². The Balaban J connectivity index is 2.12. The number of ether oxygens (including phenoxy) is 1. The summed E-state index contributed by atoms with van der Waals surface area (Å²) in [6.07, 6.45) is 7.15. The molecule has 2 aliphatic heterocycles. The second-order valence-corrected chi connectivity index (χ2v) is 9.86. The van der Waals surface area contributed by atoms with Gasteiger partial charge in [0.1, 0.15) is 12.9 Å². The molecule has 2 bridgehead atoms. The fraction of sp³-hybridized carbons (Fsp3) is 0.647. The van der Waals surface area contributed by atoms with Gasteiger partial charge in [0.15, 0.2) is 0 Å². The predicted molar refractivity (Wildman–Crippen MR) is 85.0 cm³/mol. The lowest BCUT2D eigenvalue weighted by molar-refractivity contribution is 0.411. The van der Waals surface area contributed by atoms with E-state index in [1.165, 1.54) is 24.0 Å². The van der Waals surface area contributed by atoms with Gasteiger partial charge >= 0.3 is 0 Å². The molecule has 2 saturated heterocycles. The number of hydrogen-bond donors (Lipinski definition) is 0. The van der Waals surface area contributed by atoms with Gasteiger partial charge in [0.2, 0.25) is 0 Å². The van der Waals surface area contributed by atoms with Gasteiger partial charge < -0.3 is 9.30 Å². The molecule has 0 aromatic heterocycles. The minimum absolute atomic E-state index is 0.432. The first-order valence-corrected chi connectivity index (χ1v) is 9.67. The van der Waals surface area contributed by atoms with E-state index in [1.807, 2.05) is 0 Å². The molecule has 0 spiro atoms. The maximum atomic E-state index is 13.9. The van der Waals surface area contributed by atoms with Crippen LogP contribution in [0.15, 0.2) is 12.1 Å². The highest BCUT2D eigenvalue weighted by Crippen LogP contribution is 2.66. The fourth-order valence-corrected chi connectivity index (χ4v) is 8.49. The Hall–Kier alpha value is -0.750. The Morgan fingerprint density at radius 1 is 1.05 bits per heavy atom. The van der Waals surface area contributed by atoms with Crippen LogP contribution in [0.5, 0.6) is 5.75 Å². The molecule has 2 heterocycles. The molecule has 0 saturated carbocycles. The third kappa shape index (κ3) is 2.04. The van der Waals surface area contributed by atoms with Crippen LogP contribution in [-0.4, -0.2) is 18.4 Å². The van der Waals surface area contributed by atoms with E-state index in [2.05, 4.69) is 26.0 Å². The average molecular weight is 292 g/mol. The van der Waals surface area contributed by atoms with Gasteiger partial charge in [0.25, 0.3) is 0 Å². The van der Waals surface area contributed by atoms with Crippen molar-refractivity contribution in [2.75, 3.05) is 7.11 Å². The van der Waals surface area contributed by atoms with Crippen LogP contribution >= 0.6 is 7.14 Å². The Bertz CT molecular complexity index is 546. The molecule has 2 nitrogen and oxygen atoms in total. The summed E-state index contributed by atoms with van der Waals surface area (Å²) in [6, 6.07) is 4.25. The molecule has 3 rings (SSSR count). The first kappa shape index (κ1) is 14.2. The van der Waals surface area contributed by atoms with Gasteiger partial charge in [-0.15, -0.1) is 0 Å². The van der Waals surface area contributed by atoms with E-state index in [0.29, 0.717) is 11.3 Å². The second-order valence-electron chi connectivity index (χ2n) is 6.47. The maximum absolute atomic E-state index is 13.9. The van der Waals surface area contributed by atoms with Crippen molar-refractivity contribution in [1.29, 1.82) is 0 Å². The van der Waals surface area contributed by atoms with E-state index >= 15 is 0 Å². The van der Waals surface area contributed by atoms with Gasteiger partial charge in [-0.3, -0.25) is 0 Å². The minimum Gasteiger partial charge on any atom is -0.496 e. The fourth-order valence-electron chi connectivity index (χ4n) is 4.14. The van der Waals surface area contributed by atoms with Gasteiger partial charge in [-0.25, -0.2) is 0 Å². The summed E-state index contributed by atoms with van der Waals surface area (Å²) in [5.41, 5.74) is 3.24. The Kier molecular flexibility index (Phi) is 3.71. The highest BCUT2D eigenvalue weighted by molar-refractivity contribution is 7.73. The van der Waals surface area contributed by atoms with E-state index in [1.54, 1.807) is 7.11 Å². The minimum atomic E-state index is -2.25. The van der Waals surface area contributed by atoms with Crippen LogP contribution in [0.1, 0.15) is 49.7 Å². The smallest absolute Gasteiger partial charge is 0.122 e. The van der Waals surface area contributed by atoms with Crippen molar-refractivity contribution in [2.45, 2.75) is 63.7 Å². The second kappa shape index (κ2) is 5.22. The molecular weight excluding hydrogens is 267 g/mol. The lowest BCUT2D eigenvalue weighted by atomic mass is 10.0. The summed E-state index contributed by atoms with van der Waals surface area (Å²) < 4.78 is 19.4. The Morgan fingerprint density at radius 2 is 1.65 bits per heavy atom. The molecule has 2 aliphatic rings. The largest absolute Gasteiger partial charge is 0.496 e. The van der Waals surface area contributed by atoms with Crippen LogP contribution in [0.4, 0.5) is 0 Å². The van der Waals surface area contributed by atoms with E-state index in [4.69, 9.17) is 4.74 Å². The van der Waals surface area contributed by atoms with E-state index in [0.717, 1.165) is 36.7 Å². The first-order chi connectivity index (χ1) is 9.57. The molecule has 1 aromatic rings. The summed E-state index contributed by atoms with van der Waals surface area (Å²) in [7, 11) is -0.536. The third-order valence-corrected chi connectivity index (χ3v) is 9.74. The molecule has 0 aliphatic carbocycles. The van der Waals surface area contributed by atoms with Crippen LogP contribution in [-0.2, 0) is 4.57 Å². The molecule has 2 unspecified atom stereocenters. The number of aryl methyl sites for hydroxylation is 1. The molecule has 110 valence electrons. The van der Waals surface area contributed by atoms with Crippen molar-refractivity contribution >= 4 is 12.4 Å². The molecule has 3 heteroatoms. The third-order valence-electron chi connectivity index (χ3n) is 5.47. The zero-order chi connectivity index (χ0) is 14.3. The summed E-state index contributed by atoms with van der Waals surface area (Å²) in [4.78, 5) is 0. The van der Waals surface area contributed by atoms with E-state index < -0.39 is 7.14 Å². The average Bonchev–Trinajstić information content (AvgIpc) is 2.62. The van der Waals surface area contributed by atoms with Crippen LogP contribution in [0.25, 0.3) is 0 Å². The Labute approximate surface area is 122 Å². The van der Waals surface area contributed by atoms with Crippen molar-refractivity contribution in [1.82, 2.24) is 0 Å². The van der Waals surface area contributed by atoms with Gasteiger partial charge in [-0.2, -0.15) is 0 Å². The van der Waals surface area contributed by atoms with Gasteiger partial charge in [-0.05, 0) is 62.8 Å². The predicted octanol–water partition coefficient (Wildman–Crippen LogP) is 4.41. The standard InChI is InChI=1S/C17H25O2P/c1-12-10-16(11-17(19-3)13(12)2)20(18)14-6-4-5-7-15(20)9-8-14/h10-11,14-15H,4-9H2,1-3H3. The van der Waals surface area contributed by atoms with Crippen molar-refractivity contribution in [3.63, 3.8) is 0 Å². The van der Waals surface area contributed by atoms with E-state index in [9.17, 15) is 4.57 Å². The first-order valence-electron chi connectivity index (χ1n) is 7.82. The van der Waals surface area contributed by atoms with Gasteiger partial charge in [0, 0.05) is 16.6 Å². The molecule has 2 fully saturated rings. The number of methoxy groups -OCH3 is 1.